The SMILES string of the molecule is CC(P)(c1ccccc1)c1ccccc1.Cl. The zero-order chi connectivity index (χ0) is 10.7. The number of rotatable bonds is 2. The summed E-state index contributed by atoms with van der Waals surface area (Å²) in [5, 5.41) is 0.00250. The molecular weight excluding hydrogens is 235 g/mol. The van der Waals surface area contributed by atoms with E-state index in [2.05, 4.69) is 76.8 Å². The van der Waals surface area contributed by atoms with Crippen molar-refractivity contribution in [2.24, 2.45) is 0 Å². The molecular formula is C14H16ClP. The van der Waals surface area contributed by atoms with Gasteiger partial charge in [-0.15, -0.1) is 21.6 Å². The lowest BCUT2D eigenvalue weighted by molar-refractivity contribution is 0.840. The summed E-state index contributed by atoms with van der Waals surface area (Å²) in [7, 11) is 2.94. The highest BCUT2D eigenvalue weighted by atomic mass is 35.5. The number of hydrogen-bond donors (Lipinski definition) is 0. The van der Waals surface area contributed by atoms with E-state index in [1.54, 1.807) is 0 Å². The molecule has 0 aromatic heterocycles. The average molecular weight is 251 g/mol. The molecule has 2 aromatic rings. The Morgan fingerprint density at radius 1 is 0.750 bits per heavy atom. The third-order valence-corrected chi connectivity index (χ3v) is 3.41. The van der Waals surface area contributed by atoms with Crippen molar-refractivity contribution in [1.29, 1.82) is 0 Å². The number of benzene rings is 2. The Labute approximate surface area is 106 Å². The minimum atomic E-state index is 0. The van der Waals surface area contributed by atoms with Gasteiger partial charge in [-0.3, -0.25) is 0 Å². The lowest BCUT2D eigenvalue weighted by Crippen LogP contribution is -2.14. The summed E-state index contributed by atoms with van der Waals surface area (Å²) < 4.78 is 0. The van der Waals surface area contributed by atoms with Crippen LogP contribution < -0.4 is 0 Å². The maximum Gasteiger partial charge on any atom is 0.0316 e. The normalized spacial score (nSPS) is 10.6. The lowest BCUT2D eigenvalue weighted by Gasteiger charge is -2.25. The van der Waals surface area contributed by atoms with E-state index in [9.17, 15) is 0 Å². The van der Waals surface area contributed by atoms with Crippen molar-refractivity contribution in [2.75, 3.05) is 0 Å². The Morgan fingerprint density at radius 2 is 1.06 bits per heavy atom. The summed E-state index contributed by atoms with van der Waals surface area (Å²) in [6.45, 7) is 2.22. The minimum Gasteiger partial charge on any atom is -0.147 e. The first-order valence-electron chi connectivity index (χ1n) is 5.11. The smallest absolute Gasteiger partial charge is 0.0316 e. The van der Waals surface area contributed by atoms with Crippen molar-refractivity contribution < 1.29 is 0 Å². The highest BCUT2D eigenvalue weighted by Crippen LogP contribution is 2.37. The largest absolute Gasteiger partial charge is 0.147 e. The van der Waals surface area contributed by atoms with Gasteiger partial charge in [-0.25, -0.2) is 0 Å². The van der Waals surface area contributed by atoms with E-state index in [1.807, 2.05) is 0 Å². The van der Waals surface area contributed by atoms with Crippen LogP contribution in [0, 0.1) is 0 Å². The Kier molecular flexibility index (Phi) is 4.53. The molecule has 1 atom stereocenters. The summed E-state index contributed by atoms with van der Waals surface area (Å²) in [6.07, 6.45) is 0. The van der Waals surface area contributed by atoms with Gasteiger partial charge in [0.1, 0.15) is 0 Å². The molecule has 0 nitrogen and oxygen atoms in total. The van der Waals surface area contributed by atoms with Crippen molar-refractivity contribution in [3.63, 3.8) is 0 Å². The van der Waals surface area contributed by atoms with Crippen LogP contribution in [-0.2, 0) is 5.16 Å². The first kappa shape index (κ1) is 13.2. The van der Waals surface area contributed by atoms with E-state index >= 15 is 0 Å². The third-order valence-electron chi connectivity index (χ3n) is 2.75. The van der Waals surface area contributed by atoms with E-state index in [1.165, 1.54) is 11.1 Å². The molecule has 0 bridgehead atoms. The van der Waals surface area contributed by atoms with Crippen LogP contribution in [0.5, 0.6) is 0 Å². The second kappa shape index (κ2) is 5.48. The van der Waals surface area contributed by atoms with Crippen LogP contribution in [0.2, 0.25) is 0 Å². The van der Waals surface area contributed by atoms with Crippen molar-refractivity contribution in [1.82, 2.24) is 0 Å². The number of halogens is 1. The summed E-state index contributed by atoms with van der Waals surface area (Å²) >= 11 is 0. The molecule has 84 valence electrons. The minimum absolute atomic E-state index is 0. The van der Waals surface area contributed by atoms with Crippen molar-refractivity contribution in [3.8, 4) is 0 Å². The van der Waals surface area contributed by atoms with Crippen molar-refractivity contribution in [3.05, 3.63) is 71.8 Å². The fourth-order valence-corrected chi connectivity index (χ4v) is 2.12. The predicted molar refractivity (Wildman–Crippen MR) is 76.3 cm³/mol. The molecule has 2 aromatic carbocycles. The molecule has 0 amide bonds. The van der Waals surface area contributed by atoms with Crippen LogP contribution in [0.4, 0.5) is 0 Å². The molecule has 16 heavy (non-hydrogen) atoms. The van der Waals surface area contributed by atoms with Gasteiger partial charge in [0, 0.05) is 5.16 Å². The molecule has 0 heterocycles. The van der Waals surface area contributed by atoms with Crippen LogP contribution >= 0.6 is 21.6 Å². The van der Waals surface area contributed by atoms with Crippen LogP contribution in [-0.4, -0.2) is 0 Å². The van der Waals surface area contributed by atoms with Crippen LogP contribution in [0.15, 0.2) is 60.7 Å². The molecule has 1 unspecified atom stereocenters. The van der Waals surface area contributed by atoms with Gasteiger partial charge in [0.25, 0.3) is 0 Å². The topological polar surface area (TPSA) is 0 Å². The molecule has 0 N–H and O–H groups in total. The third kappa shape index (κ3) is 2.64. The summed E-state index contributed by atoms with van der Waals surface area (Å²) in [5.74, 6) is 0. The average Bonchev–Trinajstić information content (AvgIpc) is 2.31. The molecule has 0 aliphatic carbocycles. The molecule has 0 radical (unpaired) electrons. The monoisotopic (exact) mass is 250 g/mol. The second-order valence-electron chi connectivity index (χ2n) is 3.93. The van der Waals surface area contributed by atoms with E-state index in [0.29, 0.717) is 0 Å². The van der Waals surface area contributed by atoms with Gasteiger partial charge in [0.05, 0.1) is 0 Å². The second-order valence-corrected chi connectivity index (χ2v) is 5.09. The first-order chi connectivity index (χ1) is 7.21. The van der Waals surface area contributed by atoms with Gasteiger partial charge in [0.15, 0.2) is 0 Å². The van der Waals surface area contributed by atoms with E-state index in [-0.39, 0.29) is 17.6 Å². The van der Waals surface area contributed by atoms with Gasteiger partial charge < -0.3 is 0 Å². The maximum absolute atomic E-state index is 2.94. The Hall–Kier alpha value is -0.840. The van der Waals surface area contributed by atoms with Crippen LogP contribution in [0.1, 0.15) is 18.1 Å². The van der Waals surface area contributed by atoms with Crippen molar-refractivity contribution in [2.45, 2.75) is 12.1 Å². The fourth-order valence-electron chi connectivity index (χ4n) is 1.74. The lowest BCUT2D eigenvalue weighted by atomic mass is 9.92. The summed E-state index contributed by atoms with van der Waals surface area (Å²) in [6, 6.07) is 21.1. The van der Waals surface area contributed by atoms with Crippen molar-refractivity contribution >= 4 is 21.6 Å². The molecule has 2 heteroatoms. The van der Waals surface area contributed by atoms with Gasteiger partial charge >= 0.3 is 0 Å². The standard InChI is InChI=1S/C14H15P.ClH/c1-14(15,12-8-4-2-5-9-12)13-10-6-3-7-11-13;/h2-11H,15H2,1H3;1H. The summed E-state index contributed by atoms with van der Waals surface area (Å²) in [4.78, 5) is 0. The zero-order valence-electron chi connectivity index (χ0n) is 9.26. The van der Waals surface area contributed by atoms with E-state index < -0.39 is 0 Å². The molecule has 0 aliphatic heterocycles. The van der Waals surface area contributed by atoms with E-state index in [4.69, 9.17) is 0 Å². The van der Waals surface area contributed by atoms with Crippen LogP contribution in [0.25, 0.3) is 0 Å². The maximum atomic E-state index is 2.94. The Morgan fingerprint density at radius 3 is 1.38 bits per heavy atom. The molecule has 2 rings (SSSR count). The van der Waals surface area contributed by atoms with E-state index in [0.717, 1.165) is 0 Å². The van der Waals surface area contributed by atoms with Gasteiger partial charge in [0.2, 0.25) is 0 Å². The molecule has 0 fully saturated rings. The van der Waals surface area contributed by atoms with Gasteiger partial charge in [-0.1, -0.05) is 60.7 Å². The predicted octanol–water partition coefficient (Wildman–Crippen LogP) is 4.25. The fraction of sp³-hybridized carbons (Fsp3) is 0.143. The first-order valence-corrected chi connectivity index (χ1v) is 5.69. The molecule has 0 saturated carbocycles. The summed E-state index contributed by atoms with van der Waals surface area (Å²) in [5.41, 5.74) is 2.64. The van der Waals surface area contributed by atoms with Gasteiger partial charge in [-0.2, -0.15) is 0 Å². The highest BCUT2D eigenvalue weighted by molar-refractivity contribution is 7.18. The molecule has 0 spiro atoms. The highest BCUT2D eigenvalue weighted by Gasteiger charge is 2.22. The van der Waals surface area contributed by atoms with Gasteiger partial charge in [-0.05, 0) is 18.1 Å². The zero-order valence-corrected chi connectivity index (χ0v) is 11.2. The number of hydrogen-bond acceptors (Lipinski definition) is 0. The van der Waals surface area contributed by atoms with Crippen LogP contribution in [0.3, 0.4) is 0 Å². The molecule has 0 aliphatic rings. The molecule has 0 saturated heterocycles. The quantitative estimate of drug-likeness (QED) is 0.699. The Balaban J connectivity index is 0.00000128. The Bertz CT molecular complexity index is 382.